The summed E-state index contributed by atoms with van der Waals surface area (Å²) in [6.45, 7) is 0. The van der Waals surface area contributed by atoms with Crippen LogP contribution in [0.25, 0.3) is 0 Å². The number of benzene rings is 1. The van der Waals surface area contributed by atoms with Crippen LogP contribution in [0.2, 0.25) is 10.0 Å². The molecule has 0 bridgehead atoms. The van der Waals surface area contributed by atoms with E-state index >= 15 is 0 Å². The van der Waals surface area contributed by atoms with Gasteiger partial charge < -0.3 is 11.1 Å². The van der Waals surface area contributed by atoms with Crippen LogP contribution in [-0.2, 0) is 0 Å². The van der Waals surface area contributed by atoms with Gasteiger partial charge in [-0.05, 0) is 18.2 Å². The summed E-state index contributed by atoms with van der Waals surface area (Å²) < 4.78 is 0. The predicted molar refractivity (Wildman–Crippen MR) is 73.1 cm³/mol. The average molecular weight is 282 g/mol. The first-order valence-electron chi connectivity index (χ1n) is 5.04. The monoisotopic (exact) mass is 281 g/mol. The summed E-state index contributed by atoms with van der Waals surface area (Å²) >= 11 is 11.8. The molecule has 0 spiro atoms. The number of amides is 1. The largest absolute Gasteiger partial charge is 0.398 e. The molecule has 92 valence electrons. The van der Waals surface area contributed by atoms with Crippen molar-refractivity contribution in [3.8, 4) is 0 Å². The Morgan fingerprint density at radius 1 is 1.28 bits per heavy atom. The molecule has 1 aromatic carbocycles. The number of nitrogen functional groups attached to an aromatic ring is 1. The van der Waals surface area contributed by atoms with Crippen molar-refractivity contribution in [3.63, 3.8) is 0 Å². The standard InChI is InChI=1S/C12H9Cl2N3O/c13-8-2-1-3-10(11(8)14)17-12(18)7-6-16-5-4-9(7)15/h1-6H,(H2,15,16)(H,17,18). The Morgan fingerprint density at radius 2 is 2.06 bits per heavy atom. The third kappa shape index (κ3) is 2.55. The first-order valence-corrected chi connectivity index (χ1v) is 5.80. The Labute approximate surface area is 114 Å². The molecule has 4 nitrogen and oxygen atoms in total. The Hall–Kier alpha value is -1.78. The molecule has 0 aliphatic rings. The third-order valence-corrected chi connectivity index (χ3v) is 3.12. The summed E-state index contributed by atoms with van der Waals surface area (Å²) in [6.07, 6.45) is 2.90. The zero-order valence-electron chi connectivity index (χ0n) is 9.15. The number of hydrogen-bond acceptors (Lipinski definition) is 3. The van der Waals surface area contributed by atoms with Gasteiger partial charge >= 0.3 is 0 Å². The van der Waals surface area contributed by atoms with Crippen molar-refractivity contribution in [1.82, 2.24) is 4.98 Å². The molecule has 0 aliphatic heterocycles. The van der Waals surface area contributed by atoms with Crippen molar-refractivity contribution in [1.29, 1.82) is 0 Å². The van der Waals surface area contributed by atoms with Gasteiger partial charge in [-0.15, -0.1) is 0 Å². The molecule has 1 heterocycles. The van der Waals surface area contributed by atoms with Crippen LogP contribution in [0.15, 0.2) is 36.7 Å². The number of carbonyl (C=O) groups is 1. The number of nitrogens with zero attached hydrogens (tertiary/aromatic N) is 1. The molecule has 18 heavy (non-hydrogen) atoms. The molecule has 3 N–H and O–H groups in total. The van der Waals surface area contributed by atoms with E-state index in [0.717, 1.165) is 0 Å². The molecule has 6 heteroatoms. The second-order valence-corrected chi connectivity index (χ2v) is 4.30. The van der Waals surface area contributed by atoms with Crippen LogP contribution in [-0.4, -0.2) is 10.9 Å². The van der Waals surface area contributed by atoms with E-state index in [1.165, 1.54) is 12.4 Å². The molecular formula is C12H9Cl2N3O. The van der Waals surface area contributed by atoms with Crippen LogP contribution in [0, 0.1) is 0 Å². The van der Waals surface area contributed by atoms with Gasteiger partial charge in [0.25, 0.3) is 5.91 Å². The van der Waals surface area contributed by atoms with E-state index in [2.05, 4.69) is 10.3 Å². The number of nitrogens with one attached hydrogen (secondary N) is 1. The van der Waals surface area contributed by atoms with Crippen molar-refractivity contribution in [2.24, 2.45) is 0 Å². The highest BCUT2D eigenvalue weighted by molar-refractivity contribution is 6.44. The van der Waals surface area contributed by atoms with Crippen LogP contribution >= 0.6 is 23.2 Å². The lowest BCUT2D eigenvalue weighted by molar-refractivity contribution is 0.102. The van der Waals surface area contributed by atoms with Gasteiger partial charge in [0.2, 0.25) is 0 Å². The number of carbonyl (C=O) groups excluding carboxylic acids is 1. The van der Waals surface area contributed by atoms with Crippen molar-refractivity contribution in [2.75, 3.05) is 11.1 Å². The lowest BCUT2D eigenvalue weighted by Crippen LogP contribution is -2.14. The maximum absolute atomic E-state index is 12.0. The Bertz CT molecular complexity index is 602. The molecule has 0 unspecified atom stereocenters. The number of aromatic nitrogens is 1. The van der Waals surface area contributed by atoms with E-state index in [4.69, 9.17) is 28.9 Å². The first-order chi connectivity index (χ1) is 8.59. The number of hydrogen-bond donors (Lipinski definition) is 2. The molecule has 0 fully saturated rings. The molecule has 2 rings (SSSR count). The van der Waals surface area contributed by atoms with Gasteiger partial charge in [0.05, 0.1) is 21.3 Å². The van der Waals surface area contributed by atoms with Crippen molar-refractivity contribution >= 4 is 40.5 Å². The number of halogens is 2. The summed E-state index contributed by atoms with van der Waals surface area (Å²) in [5.41, 5.74) is 6.74. The maximum Gasteiger partial charge on any atom is 0.259 e. The number of nitrogens with two attached hydrogens (primary N) is 1. The van der Waals surface area contributed by atoms with Gasteiger partial charge in [-0.3, -0.25) is 9.78 Å². The minimum absolute atomic E-state index is 0.286. The Kier molecular flexibility index (Phi) is 3.69. The van der Waals surface area contributed by atoms with Gasteiger partial charge in [-0.1, -0.05) is 29.3 Å². The van der Waals surface area contributed by atoms with Crippen LogP contribution in [0.5, 0.6) is 0 Å². The zero-order valence-corrected chi connectivity index (χ0v) is 10.7. The highest BCUT2D eigenvalue weighted by Crippen LogP contribution is 2.30. The zero-order chi connectivity index (χ0) is 13.1. The molecule has 0 radical (unpaired) electrons. The third-order valence-electron chi connectivity index (χ3n) is 2.30. The number of pyridine rings is 1. The summed E-state index contributed by atoms with van der Waals surface area (Å²) in [6, 6.07) is 6.53. The van der Waals surface area contributed by atoms with Gasteiger partial charge in [-0.2, -0.15) is 0 Å². The fourth-order valence-electron chi connectivity index (χ4n) is 1.38. The SMILES string of the molecule is Nc1ccncc1C(=O)Nc1cccc(Cl)c1Cl. The topological polar surface area (TPSA) is 68.0 Å². The molecule has 2 aromatic rings. The van der Waals surface area contributed by atoms with Crippen LogP contribution in [0.3, 0.4) is 0 Å². The predicted octanol–water partition coefficient (Wildman–Crippen LogP) is 3.22. The van der Waals surface area contributed by atoms with Gasteiger partial charge in [0.1, 0.15) is 0 Å². The fourth-order valence-corrected chi connectivity index (χ4v) is 1.73. The normalized spacial score (nSPS) is 10.1. The van der Waals surface area contributed by atoms with E-state index in [1.807, 2.05) is 0 Å². The number of anilines is 2. The van der Waals surface area contributed by atoms with E-state index < -0.39 is 0 Å². The van der Waals surface area contributed by atoms with Crippen LogP contribution in [0.4, 0.5) is 11.4 Å². The second-order valence-electron chi connectivity index (χ2n) is 3.52. The van der Waals surface area contributed by atoms with E-state index in [-0.39, 0.29) is 16.5 Å². The molecule has 1 amide bonds. The lowest BCUT2D eigenvalue weighted by atomic mass is 10.2. The molecule has 0 atom stereocenters. The Morgan fingerprint density at radius 3 is 2.78 bits per heavy atom. The number of rotatable bonds is 2. The fraction of sp³-hybridized carbons (Fsp3) is 0. The quantitative estimate of drug-likeness (QED) is 0.888. The minimum atomic E-state index is -0.384. The molecule has 0 aliphatic carbocycles. The highest BCUT2D eigenvalue weighted by Gasteiger charge is 2.12. The minimum Gasteiger partial charge on any atom is -0.398 e. The molecule has 0 saturated carbocycles. The average Bonchev–Trinajstić information content (AvgIpc) is 2.35. The van der Waals surface area contributed by atoms with Gasteiger partial charge in [0, 0.05) is 18.1 Å². The molecular weight excluding hydrogens is 273 g/mol. The summed E-state index contributed by atoms with van der Waals surface area (Å²) in [7, 11) is 0. The highest BCUT2D eigenvalue weighted by atomic mass is 35.5. The first kappa shape index (κ1) is 12.7. The summed E-state index contributed by atoms with van der Waals surface area (Å²) in [5.74, 6) is -0.384. The van der Waals surface area contributed by atoms with Crippen LogP contribution < -0.4 is 11.1 Å². The van der Waals surface area contributed by atoms with Crippen molar-refractivity contribution in [2.45, 2.75) is 0 Å². The smallest absolute Gasteiger partial charge is 0.259 e. The van der Waals surface area contributed by atoms with Crippen LogP contribution in [0.1, 0.15) is 10.4 Å². The Balaban J connectivity index is 2.27. The molecule has 0 saturated heterocycles. The van der Waals surface area contributed by atoms with E-state index in [0.29, 0.717) is 16.4 Å². The van der Waals surface area contributed by atoms with E-state index in [9.17, 15) is 4.79 Å². The second kappa shape index (κ2) is 5.25. The van der Waals surface area contributed by atoms with E-state index in [1.54, 1.807) is 24.3 Å². The van der Waals surface area contributed by atoms with Crippen molar-refractivity contribution in [3.05, 3.63) is 52.3 Å². The van der Waals surface area contributed by atoms with Crippen molar-refractivity contribution < 1.29 is 4.79 Å². The summed E-state index contributed by atoms with van der Waals surface area (Å²) in [5, 5.41) is 3.29. The lowest BCUT2D eigenvalue weighted by Gasteiger charge is -2.09. The van der Waals surface area contributed by atoms with Gasteiger partial charge in [-0.25, -0.2) is 0 Å². The summed E-state index contributed by atoms with van der Waals surface area (Å²) in [4.78, 5) is 15.8. The van der Waals surface area contributed by atoms with Gasteiger partial charge in [0.15, 0.2) is 0 Å². The molecule has 1 aromatic heterocycles. The maximum atomic E-state index is 12.0.